The molecule has 0 radical (unpaired) electrons. The molecule has 138 valence electrons. The number of aromatic nitrogens is 2. The first-order chi connectivity index (χ1) is 12.1. The first-order valence-corrected chi connectivity index (χ1v) is 7.94. The molecule has 1 amide bonds. The molecule has 1 atom stereocenters. The average Bonchev–Trinajstić information content (AvgIpc) is 3.07. The van der Waals surface area contributed by atoms with E-state index in [2.05, 4.69) is 10.4 Å². The molecule has 1 unspecified atom stereocenters. The Kier molecular flexibility index (Phi) is 5.39. The minimum Gasteiger partial charge on any atom is -0.481 e. The lowest BCUT2D eigenvalue weighted by Gasteiger charge is -2.24. The number of carbonyl (C=O) groups excluding carboxylic acids is 1. The van der Waals surface area contributed by atoms with Crippen molar-refractivity contribution >= 4 is 23.3 Å². The van der Waals surface area contributed by atoms with Gasteiger partial charge in [-0.2, -0.15) is 5.10 Å². The fourth-order valence-electron chi connectivity index (χ4n) is 2.27. The standard InChI is InChI=1S/C17H20N4O5/c1-11(15(22)23)8-12-4-6-13(7-5-12)19-16(24)17(2,3)20-10-14(9-18-20)21(25)26/h4-7,9-11H,8H2,1-3H3,(H,19,24)(H,22,23). The number of carboxylic acids is 1. The number of carboxylic acid groups (broad SMARTS) is 1. The molecule has 0 aliphatic carbocycles. The predicted octanol–water partition coefficient (Wildman–Crippen LogP) is 2.43. The van der Waals surface area contributed by atoms with Gasteiger partial charge in [0.05, 0.1) is 10.8 Å². The highest BCUT2D eigenvalue weighted by Gasteiger charge is 2.32. The molecule has 0 fully saturated rings. The predicted molar refractivity (Wildman–Crippen MR) is 93.8 cm³/mol. The van der Waals surface area contributed by atoms with E-state index in [9.17, 15) is 19.7 Å². The Morgan fingerprint density at radius 2 is 1.96 bits per heavy atom. The van der Waals surface area contributed by atoms with Crippen molar-refractivity contribution in [3.63, 3.8) is 0 Å². The van der Waals surface area contributed by atoms with Crippen LogP contribution in [0.4, 0.5) is 11.4 Å². The molecule has 0 saturated carbocycles. The number of nitro groups is 1. The maximum Gasteiger partial charge on any atom is 0.307 e. The van der Waals surface area contributed by atoms with E-state index in [1.165, 1.54) is 10.9 Å². The fraction of sp³-hybridized carbons (Fsp3) is 0.353. The zero-order valence-corrected chi connectivity index (χ0v) is 14.7. The van der Waals surface area contributed by atoms with Crippen molar-refractivity contribution in [1.29, 1.82) is 0 Å². The molecule has 9 heteroatoms. The molecule has 2 rings (SSSR count). The average molecular weight is 360 g/mol. The second-order valence-corrected chi connectivity index (χ2v) is 6.55. The van der Waals surface area contributed by atoms with Gasteiger partial charge in [0.1, 0.15) is 17.9 Å². The number of amides is 1. The van der Waals surface area contributed by atoms with Gasteiger partial charge in [0.2, 0.25) is 0 Å². The molecule has 0 saturated heterocycles. The summed E-state index contributed by atoms with van der Waals surface area (Å²) in [6, 6.07) is 6.87. The van der Waals surface area contributed by atoms with Gasteiger partial charge in [-0.25, -0.2) is 0 Å². The Bertz CT molecular complexity index is 826. The second kappa shape index (κ2) is 7.34. The van der Waals surface area contributed by atoms with Crippen LogP contribution in [-0.4, -0.2) is 31.7 Å². The van der Waals surface area contributed by atoms with Crippen LogP contribution in [0.15, 0.2) is 36.7 Å². The Balaban J connectivity index is 2.08. The molecule has 0 aliphatic rings. The quantitative estimate of drug-likeness (QED) is 0.576. The van der Waals surface area contributed by atoms with E-state index in [-0.39, 0.29) is 11.6 Å². The summed E-state index contributed by atoms with van der Waals surface area (Å²) in [5.74, 6) is -1.75. The summed E-state index contributed by atoms with van der Waals surface area (Å²) in [5.41, 5.74) is 0.0594. The normalized spacial score (nSPS) is 12.4. The molecule has 1 aromatic carbocycles. The van der Waals surface area contributed by atoms with Gasteiger partial charge in [0.15, 0.2) is 0 Å². The summed E-state index contributed by atoms with van der Waals surface area (Å²) in [7, 11) is 0. The van der Waals surface area contributed by atoms with Crippen LogP contribution in [0.3, 0.4) is 0 Å². The minimum atomic E-state index is -1.13. The monoisotopic (exact) mass is 360 g/mol. The zero-order chi connectivity index (χ0) is 19.5. The number of aliphatic carboxylic acids is 1. The molecule has 1 aromatic heterocycles. The second-order valence-electron chi connectivity index (χ2n) is 6.55. The summed E-state index contributed by atoms with van der Waals surface area (Å²) >= 11 is 0. The fourth-order valence-corrected chi connectivity index (χ4v) is 2.27. The van der Waals surface area contributed by atoms with Crippen LogP contribution in [0.5, 0.6) is 0 Å². The first-order valence-electron chi connectivity index (χ1n) is 7.94. The van der Waals surface area contributed by atoms with Crippen molar-refractivity contribution in [2.24, 2.45) is 5.92 Å². The van der Waals surface area contributed by atoms with Crippen molar-refractivity contribution in [1.82, 2.24) is 9.78 Å². The molecule has 2 N–H and O–H groups in total. The number of anilines is 1. The largest absolute Gasteiger partial charge is 0.481 e. The Hall–Kier alpha value is -3.23. The lowest BCUT2D eigenvalue weighted by Crippen LogP contribution is -2.40. The number of rotatable bonds is 7. The highest BCUT2D eigenvalue weighted by molar-refractivity contribution is 5.96. The van der Waals surface area contributed by atoms with Gasteiger partial charge < -0.3 is 10.4 Å². The zero-order valence-electron chi connectivity index (χ0n) is 14.7. The van der Waals surface area contributed by atoms with E-state index in [4.69, 9.17) is 5.11 Å². The van der Waals surface area contributed by atoms with E-state index in [1.54, 1.807) is 45.0 Å². The van der Waals surface area contributed by atoms with Crippen LogP contribution in [0.25, 0.3) is 0 Å². The number of hydrogen-bond donors (Lipinski definition) is 2. The molecule has 0 aliphatic heterocycles. The van der Waals surface area contributed by atoms with Crippen LogP contribution in [0.1, 0.15) is 26.3 Å². The first kappa shape index (κ1) is 19.1. The smallest absolute Gasteiger partial charge is 0.307 e. The van der Waals surface area contributed by atoms with Gasteiger partial charge in [-0.1, -0.05) is 19.1 Å². The summed E-state index contributed by atoms with van der Waals surface area (Å²) in [4.78, 5) is 33.6. The molecule has 0 spiro atoms. The number of nitrogens with one attached hydrogen (secondary N) is 1. The summed E-state index contributed by atoms with van der Waals surface area (Å²) < 4.78 is 1.24. The van der Waals surface area contributed by atoms with E-state index < -0.39 is 22.3 Å². The molecule has 2 aromatic rings. The third kappa shape index (κ3) is 4.24. The topological polar surface area (TPSA) is 127 Å². The van der Waals surface area contributed by atoms with E-state index in [1.807, 2.05) is 0 Å². The van der Waals surface area contributed by atoms with Gasteiger partial charge in [-0.05, 0) is 38.0 Å². The number of carbonyl (C=O) groups is 2. The van der Waals surface area contributed by atoms with Crippen LogP contribution >= 0.6 is 0 Å². The SMILES string of the molecule is CC(Cc1ccc(NC(=O)C(C)(C)n2cc([N+](=O)[O-])cn2)cc1)C(=O)O. The van der Waals surface area contributed by atoms with Crippen LogP contribution < -0.4 is 5.32 Å². The highest BCUT2D eigenvalue weighted by Crippen LogP contribution is 2.21. The molecule has 9 nitrogen and oxygen atoms in total. The Morgan fingerprint density at radius 1 is 1.35 bits per heavy atom. The van der Waals surface area contributed by atoms with E-state index in [0.717, 1.165) is 11.8 Å². The third-order valence-electron chi connectivity index (χ3n) is 4.08. The Labute approximate surface area is 149 Å². The van der Waals surface area contributed by atoms with Gasteiger partial charge in [-0.3, -0.25) is 24.4 Å². The molecule has 0 bridgehead atoms. The van der Waals surface area contributed by atoms with Crippen molar-refractivity contribution in [2.45, 2.75) is 32.7 Å². The van der Waals surface area contributed by atoms with Gasteiger partial charge in [0.25, 0.3) is 5.91 Å². The van der Waals surface area contributed by atoms with Crippen LogP contribution in [0.2, 0.25) is 0 Å². The summed E-state index contributed by atoms with van der Waals surface area (Å²) in [6.07, 6.45) is 2.69. The van der Waals surface area contributed by atoms with Crippen molar-refractivity contribution in [2.75, 3.05) is 5.32 Å². The molecule has 1 heterocycles. The van der Waals surface area contributed by atoms with Crippen molar-refractivity contribution < 1.29 is 19.6 Å². The number of benzene rings is 1. The minimum absolute atomic E-state index is 0.192. The maximum atomic E-state index is 12.5. The molecular weight excluding hydrogens is 340 g/mol. The maximum absolute atomic E-state index is 12.5. The molecule has 26 heavy (non-hydrogen) atoms. The number of hydrogen-bond acceptors (Lipinski definition) is 5. The van der Waals surface area contributed by atoms with E-state index >= 15 is 0 Å². The van der Waals surface area contributed by atoms with Gasteiger partial charge >= 0.3 is 11.7 Å². The van der Waals surface area contributed by atoms with E-state index in [0.29, 0.717) is 12.1 Å². The van der Waals surface area contributed by atoms with Gasteiger partial charge in [-0.15, -0.1) is 0 Å². The van der Waals surface area contributed by atoms with Gasteiger partial charge in [0, 0.05) is 5.69 Å². The molecular formula is C17H20N4O5. The lowest BCUT2D eigenvalue weighted by molar-refractivity contribution is -0.385. The highest BCUT2D eigenvalue weighted by atomic mass is 16.6. The summed E-state index contributed by atoms with van der Waals surface area (Å²) in [5, 5.41) is 26.3. The van der Waals surface area contributed by atoms with Crippen molar-refractivity contribution in [3.8, 4) is 0 Å². The Morgan fingerprint density at radius 3 is 2.46 bits per heavy atom. The summed E-state index contributed by atoms with van der Waals surface area (Å²) in [6.45, 7) is 4.83. The van der Waals surface area contributed by atoms with Crippen molar-refractivity contribution in [3.05, 3.63) is 52.3 Å². The van der Waals surface area contributed by atoms with Crippen LogP contribution in [0, 0.1) is 16.0 Å². The third-order valence-corrected chi connectivity index (χ3v) is 4.08. The number of nitrogens with zero attached hydrogens (tertiary/aromatic N) is 3. The lowest BCUT2D eigenvalue weighted by atomic mass is 10.0. The van der Waals surface area contributed by atoms with Crippen LogP contribution in [-0.2, 0) is 21.5 Å².